The molecule has 3 aromatic rings. The van der Waals surface area contributed by atoms with E-state index in [9.17, 15) is 4.79 Å². The number of amides is 1. The Hall–Kier alpha value is -2.18. The van der Waals surface area contributed by atoms with Crippen molar-refractivity contribution in [2.24, 2.45) is 0 Å². The quantitative estimate of drug-likeness (QED) is 0.562. The van der Waals surface area contributed by atoms with Crippen LogP contribution < -0.4 is 5.32 Å². The van der Waals surface area contributed by atoms with Crippen molar-refractivity contribution in [2.45, 2.75) is 10.3 Å². The van der Waals surface area contributed by atoms with Gasteiger partial charge in [0.15, 0.2) is 4.34 Å². The Morgan fingerprint density at radius 3 is 2.04 bits per heavy atom. The summed E-state index contributed by atoms with van der Waals surface area (Å²) in [5.41, 5.74) is 1.90. The second-order valence-electron chi connectivity index (χ2n) is 4.82. The number of benzene rings is 2. The van der Waals surface area contributed by atoms with Gasteiger partial charge in [-0.15, -0.1) is 10.2 Å². The van der Waals surface area contributed by atoms with Crippen LogP contribution in [0.1, 0.15) is 17.0 Å². The van der Waals surface area contributed by atoms with Gasteiger partial charge in [-0.25, -0.2) is 0 Å². The summed E-state index contributed by atoms with van der Waals surface area (Å²) in [6.07, 6.45) is 1.93. The molecule has 1 amide bonds. The van der Waals surface area contributed by atoms with E-state index >= 15 is 0 Å². The molecule has 0 saturated heterocycles. The standard InChI is InChI=1S/C17H15N3OS2/c1-22-17-20-19-16(23-17)18-15(21)14(12-8-4-2-5-9-12)13-10-6-3-7-11-13/h2-11,14H,1H3,(H,18,19,21). The molecular formula is C17H15N3OS2. The first kappa shape index (κ1) is 15.7. The maximum absolute atomic E-state index is 12.8. The Morgan fingerprint density at radius 2 is 1.57 bits per heavy atom. The molecule has 6 heteroatoms. The molecule has 0 bridgehead atoms. The molecule has 0 atom stereocenters. The van der Waals surface area contributed by atoms with Gasteiger partial charge in [0.2, 0.25) is 11.0 Å². The smallest absolute Gasteiger partial charge is 0.238 e. The largest absolute Gasteiger partial charge is 0.300 e. The molecular weight excluding hydrogens is 326 g/mol. The van der Waals surface area contributed by atoms with E-state index in [1.807, 2.05) is 66.9 Å². The van der Waals surface area contributed by atoms with Crippen molar-refractivity contribution in [3.63, 3.8) is 0 Å². The maximum Gasteiger partial charge on any atom is 0.238 e. The van der Waals surface area contributed by atoms with Crippen LogP contribution in [-0.2, 0) is 4.79 Å². The molecule has 0 aliphatic heterocycles. The average molecular weight is 341 g/mol. The highest BCUT2D eigenvalue weighted by molar-refractivity contribution is 8.00. The fourth-order valence-electron chi connectivity index (χ4n) is 2.31. The van der Waals surface area contributed by atoms with E-state index in [4.69, 9.17) is 0 Å². The predicted octanol–water partition coefficient (Wildman–Crippen LogP) is 4.03. The predicted molar refractivity (Wildman–Crippen MR) is 95.0 cm³/mol. The lowest BCUT2D eigenvalue weighted by atomic mass is 9.90. The Bertz CT molecular complexity index is 735. The average Bonchev–Trinajstić information content (AvgIpc) is 3.04. The Kier molecular flexibility index (Phi) is 5.05. The van der Waals surface area contributed by atoms with E-state index in [2.05, 4.69) is 15.5 Å². The van der Waals surface area contributed by atoms with Gasteiger partial charge in [0.1, 0.15) is 0 Å². The van der Waals surface area contributed by atoms with Crippen molar-refractivity contribution in [3.8, 4) is 0 Å². The molecule has 0 aliphatic rings. The normalized spacial score (nSPS) is 10.7. The lowest BCUT2D eigenvalue weighted by Gasteiger charge is -2.16. The molecule has 4 nitrogen and oxygen atoms in total. The number of nitrogens with one attached hydrogen (secondary N) is 1. The van der Waals surface area contributed by atoms with Gasteiger partial charge in [-0.2, -0.15) is 0 Å². The van der Waals surface area contributed by atoms with Crippen molar-refractivity contribution < 1.29 is 4.79 Å². The van der Waals surface area contributed by atoms with Gasteiger partial charge in [0, 0.05) is 0 Å². The molecule has 116 valence electrons. The first-order valence-corrected chi connectivity index (χ1v) is 9.10. The van der Waals surface area contributed by atoms with Crippen LogP contribution in [0.3, 0.4) is 0 Å². The van der Waals surface area contributed by atoms with Crippen molar-refractivity contribution in [3.05, 3.63) is 71.8 Å². The fraction of sp³-hybridized carbons (Fsp3) is 0.118. The maximum atomic E-state index is 12.8. The second-order valence-corrected chi connectivity index (χ2v) is 6.85. The lowest BCUT2D eigenvalue weighted by molar-refractivity contribution is -0.116. The van der Waals surface area contributed by atoms with E-state index in [1.54, 1.807) is 0 Å². The van der Waals surface area contributed by atoms with Crippen LogP contribution in [0.2, 0.25) is 0 Å². The van der Waals surface area contributed by atoms with Crippen LogP contribution in [0.25, 0.3) is 0 Å². The number of hydrogen-bond donors (Lipinski definition) is 1. The first-order valence-electron chi connectivity index (χ1n) is 7.06. The highest BCUT2D eigenvalue weighted by atomic mass is 32.2. The highest BCUT2D eigenvalue weighted by Gasteiger charge is 2.23. The van der Waals surface area contributed by atoms with Crippen molar-refractivity contribution in [2.75, 3.05) is 11.6 Å². The van der Waals surface area contributed by atoms with E-state index in [0.29, 0.717) is 5.13 Å². The van der Waals surface area contributed by atoms with E-state index < -0.39 is 0 Å². The molecule has 1 heterocycles. The summed E-state index contributed by atoms with van der Waals surface area (Å²) in [6.45, 7) is 0. The van der Waals surface area contributed by atoms with E-state index in [1.165, 1.54) is 23.1 Å². The van der Waals surface area contributed by atoms with Gasteiger partial charge in [0.25, 0.3) is 0 Å². The summed E-state index contributed by atoms with van der Waals surface area (Å²) in [6, 6.07) is 19.5. The molecule has 1 N–H and O–H groups in total. The third-order valence-electron chi connectivity index (χ3n) is 3.34. The zero-order valence-electron chi connectivity index (χ0n) is 12.5. The van der Waals surface area contributed by atoms with Gasteiger partial charge < -0.3 is 0 Å². The molecule has 0 saturated carbocycles. The summed E-state index contributed by atoms with van der Waals surface area (Å²) in [5, 5.41) is 11.4. The Morgan fingerprint density at radius 1 is 1.00 bits per heavy atom. The molecule has 0 aliphatic carbocycles. The summed E-state index contributed by atoms with van der Waals surface area (Å²) < 4.78 is 0.830. The van der Waals surface area contributed by atoms with Crippen LogP contribution in [0.5, 0.6) is 0 Å². The SMILES string of the molecule is CSc1nnc(NC(=O)C(c2ccccc2)c2ccccc2)s1. The first-order chi connectivity index (χ1) is 11.3. The summed E-state index contributed by atoms with van der Waals surface area (Å²) in [4.78, 5) is 12.8. The summed E-state index contributed by atoms with van der Waals surface area (Å²) in [5.74, 6) is -0.481. The summed E-state index contributed by atoms with van der Waals surface area (Å²) in [7, 11) is 0. The number of nitrogens with zero attached hydrogens (tertiary/aromatic N) is 2. The zero-order valence-corrected chi connectivity index (χ0v) is 14.1. The zero-order chi connectivity index (χ0) is 16.1. The molecule has 1 aromatic heterocycles. The topological polar surface area (TPSA) is 54.9 Å². The van der Waals surface area contributed by atoms with E-state index in [-0.39, 0.29) is 11.8 Å². The summed E-state index contributed by atoms with van der Waals surface area (Å²) >= 11 is 2.89. The Balaban J connectivity index is 1.90. The molecule has 23 heavy (non-hydrogen) atoms. The minimum absolute atomic E-state index is 0.105. The molecule has 0 spiro atoms. The van der Waals surface area contributed by atoms with Gasteiger partial charge in [0.05, 0.1) is 5.92 Å². The number of carbonyl (C=O) groups excluding carboxylic acids is 1. The van der Waals surface area contributed by atoms with Crippen LogP contribution in [0, 0.1) is 0 Å². The molecule has 0 unspecified atom stereocenters. The third-order valence-corrected chi connectivity index (χ3v) is 5.15. The third kappa shape index (κ3) is 3.78. The Labute approximate surface area is 143 Å². The molecule has 3 rings (SSSR count). The van der Waals surface area contributed by atoms with Crippen LogP contribution in [-0.4, -0.2) is 22.4 Å². The highest BCUT2D eigenvalue weighted by Crippen LogP contribution is 2.28. The lowest BCUT2D eigenvalue weighted by Crippen LogP contribution is -2.22. The number of aromatic nitrogens is 2. The monoisotopic (exact) mass is 341 g/mol. The fourth-order valence-corrected chi connectivity index (χ4v) is 3.48. The molecule has 0 radical (unpaired) electrons. The number of rotatable bonds is 5. The van der Waals surface area contributed by atoms with Crippen LogP contribution >= 0.6 is 23.1 Å². The van der Waals surface area contributed by atoms with Gasteiger partial charge in [-0.05, 0) is 17.4 Å². The number of anilines is 1. The minimum atomic E-state index is -0.376. The second kappa shape index (κ2) is 7.39. The van der Waals surface area contributed by atoms with Crippen molar-refractivity contribution in [1.29, 1.82) is 0 Å². The van der Waals surface area contributed by atoms with Gasteiger partial charge in [-0.1, -0.05) is 83.8 Å². The van der Waals surface area contributed by atoms with E-state index in [0.717, 1.165) is 15.5 Å². The van der Waals surface area contributed by atoms with Crippen molar-refractivity contribution >= 4 is 34.1 Å². The minimum Gasteiger partial charge on any atom is -0.300 e. The van der Waals surface area contributed by atoms with Gasteiger partial charge in [-0.3, -0.25) is 10.1 Å². The molecule has 2 aromatic carbocycles. The van der Waals surface area contributed by atoms with Crippen LogP contribution in [0.4, 0.5) is 5.13 Å². The van der Waals surface area contributed by atoms with Crippen LogP contribution in [0.15, 0.2) is 65.0 Å². The molecule has 0 fully saturated rings. The van der Waals surface area contributed by atoms with Crippen molar-refractivity contribution in [1.82, 2.24) is 10.2 Å². The van der Waals surface area contributed by atoms with Gasteiger partial charge >= 0.3 is 0 Å². The number of thioether (sulfide) groups is 1. The number of hydrogen-bond acceptors (Lipinski definition) is 5. The number of carbonyl (C=O) groups is 1.